The SMILES string of the molecule is CC1CCC(COc2c(F)cccc2/C=C/C(=O)O)O1. The zero-order valence-electron chi connectivity index (χ0n) is 11.2. The van der Waals surface area contributed by atoms with E-state index in [1.165, 1.54) is 18.2 Å². The molecule has 1 N–H and O–H groups in total. The van der Waals surface area contributed by atoms with Crippen LogP contribution in [-0.2, 0) is 9.53 Å². The Hall–Kier alpha value is -1.88. The number of hydrogen-bond donors (Lipinski definition) is 1. The van der Waals surface area contributed by atoms with Gasteiger partial charge in [0.05, 0.1) is 12.2 Å². The lowest BCUT2D eigenvalue weighted by atomic mass is 10.1. The first kappa shape index (κ1) is 14.5. The number of para-hydroxylation sites is 1. The van der Waals surface area contributed by atoms with Crippen molar-refractivity contribution >= 4 is 12.0 Å². The van der Waals surface area contributed by atoms with Crippen LogP contribution in [0.1, 0.15) is 25.3 Å². The number of carboxylic acid groups (broad SMARTS) is 1. The zero-order chi connectivity index (χ0) is 14.5. The molecule has 20 heavy (non-hydrogen) atoms. The molecular weight excluding hydrogens is 263 g/mol. The molecule has 1 fully saturated rings. The Kier molecular flexibility index (Phi) is 4.74. The fourth-order valence-electron chi connectivity index (χ4n) is 2.15. The molecule has 1 aromatic rings. The lowest BCUT2D eigenvalue weighted by molar-refractivity contribution is -0.131. The average Bonchev–Trinajstić information content (AvgIpc) is 2.81. The third-order valence-electron chi connectivity index (χ3n) is 3.14. The highest BCUT2D eigenvalue weighted by atomic mass is 19.1. The van der Waals surface area contributed by atoms with Crippen LogP contribution in [0.25, 0.3) is 6.08 Å². The molecule has 0 aliphatic carbocycles. The molecule has 1 aliphatic rings. The van der Waals surface area contributed by atoms with Crippen molar-refractivity contribution in [3.8, 4) is 5.75 Å². The third-order valence-corrected chi connectivity index (χ3v) is 3.14. The summed E-state index contributed by atoms with van der Waals surface area (Å²) in [4.78, 5) is 10.5. The molecule has 2 atom stereocenters. The van der Waals surface area contributed by atoms with Crippen molar-refractivity contribution in [2.75, 3.05) is 6.61 Å². The molecule has 0 spiro atoms. The molecule has 0 radical (unpaired) electrons. The topological polar surface area (TPSA) is 55.8 Å². The Labute approximate surface area is 116 Å². The van der Waals surface area contributed by atoms with E-state index in [9.17, 15) is 9.18 Å². The molecule has 1 heterocycles. The van der Waals surface area contributed by atoms with Crippen LogP contribution in [0.4, 0.5) is 4.39 Å². The number of aliphatic carboxylic acids is 1. The van der Waals surface area contributed by atoms with Crippen LogP contribution < -0.4 is 4.74 Å². The minimum Gasteiger partial charge on any atom is -0.487 e. The molecule has 5 heteroatoms. The molecule has 0 bridgehead atoms. The van der Waals surface area contributed by atoms with E-state index < -0.39 is 11.8 Å². The molecule has 0 amide bonds. The smallest absolute Gasteiger partial charge is 0.328 e. The van der Waals surface area contributed by atoms with Crippen LogP contribution in [0.3, 0.4) is 0 Å². The number of carbonyl (C=O) groups is 1. The Morgan fingerprint density at radius 1 is 1.55 bits per heavy atom. The van der Waals surface area contributed by atoms with Gasteiger partial charge in [-0.3, -0.25) is 0 Å². The fourth-order valence-corrected chi connectivity index (χ4v) is 2.15. The van der Waals surface area contributed by atoms with Crippen LogP contribution in [-0.4, -0.2) is 29.9 Å². The van der Waals surface area contributed by atoms with Gasteiger partial charge in [0, 0.05) is 11.6 Å². The van der Waals surface area contributed by atoms with Gasteiger partial charge in [0.25, 0.3) is 0 Å². The summed E-state index contributed by atoms with van der Waals surface area (Å²) in [5, 5.41) is 8.63. The van der Waals surface area contributed by atoms with Gasteiger partial charge >= 0.3 is 5.97 Å². The van der Waals surface area contributed by atoms with Gasteiger partial charge in [-0.25, -0.2) is 9.18 Å². The largest absolute Gasteiger partial charge is 0.487 e. The van der Waals surface area contributed by atoms with Crippen LogP contribution >= 0.6 is 0 Å². The molecule has 108 valence electrons. The maximum Gasteiger partial charge on any atom is 0.328 e. The Morgan fingerprint density at radius 3 is 3.00 bits per heavy atom. The van der Waals surface area contributed by atoms with Crippen molar-refractivity contribution in [3.05, 3.63) is 35.7 Å². The van der Waals surface area contributed by atoms with Crippen LogP contribution in [0.2, 0.25) is 0 Å². The predicted octanol–water partition coefficient (Wildman–Crippen LogP) is 2.87. The van der Waals surface area contributed by atoms with Gasteiger partial charge in [-0.05, 0) is 31.9 Å². The van der Waals surface area contributed by atoms with Gasteiger partial charge in [-0.1, -0.05) is 12.1 Å². The molecule has 2 rings (SSSR count). The van der Waals surface area contributed by atoms with Crippen molar-refractivity contribution in [1.29, 1.82) is 0 Å². The van der Waals surface area contributed by atoms with Crippen LogP contribution in [0, 0.1) is 5.82 Å². The van der Waals surface area contributed by atoms with Crippen molar-refractivity contribution in [3.63, 3.8) is 0 Å². The van der Waals surface area contributed by atoms with E-state index in [1.807, 2.05) is 6.92 Å². The quantitative estimate of drug-likeness (QED) is 0.843. The number of ether oxygens (including phenoxy) is 2. The van der Waals surface area contributed by atoms with Gasteiger partial charge in [-0.2, -0.15) is 0 Å². The highest BCUT2D eigenvalue weighted by Crippen LogP contribution is 2.26. The molecule has 4 nitrogen and oxygen atoms in total. The highest BCUT2D eigenvalue weighted by molar-refractivity contribution is 5.85. The minimum absolute atomic E-state index is 0.0408. The second kappa shape index (κ2) is 6.52. The minimum atomic E-state index is -1.09. The lowest BCUT2D eigenvalue weighted by Gasteiger charge is -2.14. The molecule has 0 saturated carbocycles. The van der Waals surface area contributed by atoms with Crippen molar-refractivity contribution in [2.45, 2.75) is 32.0 Å². The molecule has 1 aromatic carbocycles. The van der Waals surface area contributed by atoms with Gasteiger partial charge in [0.2, 0.25) is 0 Å². The normalized spacial score (nSPS) is 22.3. The molecule has 0 aromatic heterocycles. The van der Waals surface area contributed by atoms with E-state index >= 15 is 0 Å². The van der Waals surface area contributed by atoms with Gasteiger partial charge in [0.1, 0.15) is 6.61 Å². The third kappa shape index (κ3) is 3.81. The second-order valence-corrected chi connectivity index (χ2v) is 4.79. The summed E-state index contributed by atoms with van der Waals surface area (Å²) in [5.74, 6) is -1.54. The standard InChI is InChI=1S/C15H17FO4/c1-10-5-7-12(20-10)9-19-15-11(6-8-14(17)18)3-2-4-13(15)16/h2-4,6,8,10,12H,5,7,9H2,1H3,(H,17,18)/b8-6+. The molecule has 2 unspecified atom stereocenters. The van der Waals surface area contributed by atoms with E-state index in [0.29, 0.717) is 5.56 Å². The van der Waals surface area contributed by atoms with E-state index in [1.54, 1.807) is 6.07 Å². The number of hydrogen-bond acceptors (Lipinski definition) is 3. The number of carboxylic acids is 1. The van der Waals surface area contributed by atoms with Crippen molar-refractivity contribution < 1.29 is 23.8 Å². The maximum atomic E-state index is 13.8. The average molecular weight is 280 g/mol. The number of rotatable bonds is 5. The van der Waals surface area contributed by atoms with Crippen LogP contribution in [0.15, 0.2) is 24.3 Å². The molecular formula is C15H17FO4. The lowest BCUT2D eigenvalue weighted by Crippen LogP contribution is -2.18. The summed E-state index contributed by atoms with van der Waals surface area (Å²) in [5.41, 5.74) is 0.401. The van der Waals surface area contributed by atoms with Crippen molar-refractivity contribution in [1.82, 2.24) is 0 Å². The zero-order valence-corrected chi connectivity index (χ0v) is 11.2. The Morgan fingerprint density at radius 2 is 2.35 bits per heavy atom. The maximum absolute atomic E-state index is 13.8. The van der Waals surface area contributed by atoms with E-state index in [-0.39, 0.29) is 24.6 Å². The van der Waals surface area contributed by atoms with Gasteiger partial charge in [-0.15, -0.1) is 0 Å². The molecule has 1 saturated heterocycles. The first-order valence-corrected chi connectivity index (χ1v) is 6.54. The fraction of sp³-hybridized carbons (Fsp3) is 0.400. The summed E-state index contributed by atoms with van der Waals surface area (Å²) in [6, 6.07) is 4.40. The number of halogens is 1. The predicted molar refractivity (Wildman–Crippen MR) is 72.1 cm³/mol. The molecule has 1 aliphatic heterocycles. The first-order valence-electron chi connectivity index (χ1n) is 6.54. The Balaban J connectivity index is 2.07. The van der Waals surface area contributed by atoms with Crippen molar-refractivity contribution in [2.24, 2.45) is 0 Å². The second-order valence-electron chi connectivity index (χ2n) is 4.79. The summed E-state index contributed by atoms with van der Waals surface area (Å²) in [6.07, 6.45) is 4.29. The summed E-state index contributed by atoms with van der Waals surface area (Å²) in [7, 11) is 0. The van der Waals surface area contributed by atoms with E-state index in [2.05, 4.69) is 0 Å². The first-order chi connectivity index (χ1) is 9.56. The monoisotopic (exact) mass is 280 g/mol. The summed E-state index contributed by atoms with van der Waals surface area (Å²) in [6.45, 7) is 2.25. The number of benzene rings is 1. The van der Waals surface area contributed by atoms with Gasteiger partial charge in [0.15, 0.2) is 11.6 Å². The van der Waals surface area contributed by atoms with Crippen LogP contribution in [0.5, 0.6) is 5.75 Å². The highest BCUT2D eigenvalue weighted by Gasteiger charge is 2.23. The summed E-state index contributed by atoms with van der Waals surface area (Å²) < 4.78 is 24.9. The van der Waals surface area contributed by atoms with Gasteiger partial charge < -0.3 is 14.6 Å². The van der Waals surface area contributed by atoms with E-state index in [4.69, 9.17) is 14.6 Å². The summed E-state index contributed by atoms with van der Waals surface area (Å²) >= 11 is 0. The Bertz CT molecular complexity index is 513. The van der Waals surface area contributed by atoms with E-state index in [0.717, 1.165) is 18.9 Å².